The summed E-state index contributed by atoms with van der Waals surface area (Å²) >= 11 is 1.56. The van der Waals surface area contributed by atoms with Crippen molar-refractivity contribution < 1.29 is 8.78 Å². The normalized spacial score (nSPS) is 10.8. The molecule has 3 aromatic heterocycles. The van der Waals surface area contributed by atoms with E-state index >= 15 is 0 Å². The van der Waals surface area contributed by atoms with E-state index in [2.05, 4.69) is 26.8 Å². The van der Waals surface area contributed by atoms with Crippen molar-refractivity contribution in [2.75, 3.05) is 5.32 Å². The zero-order valence-corrected chi connectivity index (χ0v) is 19.5. The Bertz CT molecular complexity index is 1490. The van der Waals surface area contributed by atoms with E-state index in [4.69, 9.17) is 4.98 Å². The Morgan fingerprint density at radius 3 is 2.46 bits per heavy atom. The van der Waals surface area contributed by atoms with Crippen LogP contribution in [0.4, 0.5) is 14.6 Å². The van der Waals surface area contributed by atoms with Crippen LogP contribution in [0.2, 0.25) is 0 Å². The van der Waals surface area contributed by atoms with E-state index in [9.17, 15) is 8.78 Å². The van der Waals surface area contributed by atoms with Crippen LogP contribution >= 0.6 is 11.3 Å². The zero-order valence-electron chi connectivity index (χ0n) is 18.7. The van der Waals surface area contributed by atoms with Crippen molar-refractivity contribution in [1.29, 1.82) is 0 Å². The van der Waals surface area contributed by atoms with Crippen LogP contribution in [-0.4, -0.2) is 19.9 Å². The first-order chi connectivity index (χ1) is 17.0. The number of rotatable bonds is 6. The fourth-order valence-electron chi connectivity index (χ4n) is 3.62. The molecule has 0 aliphatic heterocycles. The van der Waals surface area contributed by atoms with Crippen molar-refractivity contribution in [3.8, 4) is 33.1 Å². The average Bonchev–Trinajstić information content (AvgIpc) is 3.36. The lowest BCUT2D eigenvalue weighted by atomic mass is 10.0. The maximum atomic E-state index is 14.0. The van der Waals surface area contributed by atoms with E-state index in [-0.39, 0.29) is 11.3 Å². The summed E-state index contributed by atoms with van der Waals surface area (Å²) in [6.45, 7) is 5.74. The molecule has 0 atom stereocenters. The van der Waals surface area contributed by atoms with Gasteiger partial charge in [-0.05, 0) is 42.8 Å². The van der Waals surface area contributed by atoms with Gasteiger partial charge >= 0.3 is 0 Å². The number of thiazole rings is 1. The first-order valence-electron chi connectivity index (χ1n) is 10.7. The van der Waals surface area contributed by atoms with Gasteiger partial charge in [0.1, 0.15) is 22.5 Å². The van der Waals surface area contributed by atoms with Crippen molar-refractivity contribution in [1.82, 2.24) is 19.9 Å². The minimum Gasteiger partial charge on any atom is -0.339 e. The molecule has 0 fully saturated rings. The molecule has 0 spiro atoms. The lowest BCUT2D eigenvalue weighted by molar-refractivity contribution is 0.577. The maximum Gasteiger partial charge on any atom is 0.148 e. The molecule has 35 heavy (non-hydrogen) atoms. The Morgan fingerprint density at radius 2 is 1.74 bits per heavy atom. The molecule has 1 N–H and O–H groups in total. The average molecular weight is 484 g/mol. The molecule has 3 heterocycles. The molecule has 2 aromatic carbocycles. The van der Waals surface area contributed by atoms with Gasteiger partial charge in [0.25, 0.3) is 0 Å². The molecule has 172 valence electrons. The van der Waals surface area contributed by atoms with Gasteiger partial charge < -0.3 is 5.32 Å². The number of hydrogen-bond acceptors (Lipinski definition) is 6. The Labute approximate surface area is 204 Å². The minimum absolute atomic E-state index is 0.0639. The van der Waals surface area contributed by atoms with E-state index in [1.165, 1.54) is 24.4 Å². The molecule has 0 amide bonds. The first-order valence-corrected chi connectivity index (χ1v) is 11.6. The number of benzene rings is 2. The van der Waals surface area contributed by atoms with E-state index in [0.717, 1.165) is 33.0 Å². The molecular weight excluding hydrogens is 464 g/mol. The predicted molar refractivity (Wildman–Crippen MR) is 136 cm³/mol. The highest BCUT2D eigenvalue weighted by molar-refractivity contribution is 7.13. The standard InChI is InChI=1S/C27H19F2N5S/c1-16-8-9-18(27-34-24(15-35-27)19-5-4-10-30-12-19)11-20(16)23-13-32-25(14-31-23)33-17(2)26-21(28)6-3-7-22(26)29/h3-15H,2H2,1H3,(H,32,33). The van der Waals surface area contributed by atoms with Gasteiger partial charge in [-0.25, -0.2) is 18.7 Å². The van der Waals surface area contributed by atoms with Gasteiger partial charge in [-0.1, -0.05) is 24.8 Å². The third-order valence-electron chi connectivity index (χ3n) is 5.42. The molecule has 5 nitrogen and oxygen atoms in total. The molecule has 0 aliphatic rings. The van der Waals surface area contributed by atoms with Crippen molar-refractivity contribution in [3.63, 3.8) is 0 Å². The van der Waals surface area contributed by atoms with Gasteiger partial charge in [0.15, 0.2) is 0 Å². The topological polar surface area (TPSA) is 63.6 Å². The van der Waals surface area contributed by atoms with Gasteiger partial charge in [-0.15, -0.1) is 11.3 Å². The number of hydrogen-bond donors (Lipinski definition) is 1. The fraction of sp³-hybridized carbons (Fsp3) is 0.0370. The molecule has 5 aromatic rings. The van der Waals surface area contributed by atoms with E-state index in [0.29, 0.717) is 11.5 Å². The smallest absolute Gasteiger partial charge is 0.148 e. The second kappa shape index (κ2) is 9.52. The zero-order chi connectivity index (χ0) is 24.4. The summed E-state index contributed by atoms with van der Waals surface area (Å²) in [5.41, 5.74) is 5.27. The SMILES string of the molecule is C=C(Nc1cnc(-c2cc(-c3nc(-c4cccnc4)cs3)ccc2C)cn1)c1c(F)cccc1F. The molecule has 8 heteroatoms. The monoisotopic (exact) mass is 483 g/mol. The van der Waals surface area contributed by atoms with Crippen LogP contribution in [0.15, 0.2) is 85.3 Å². The molecule has 5 rings (SSSR count). The molecule has 0 radical (unpaired) electrons. The van der Waals surface area contributed by atoms with Gasteiger partial charge in [0.2, 0.25) is 0 Å². The number of aryl methyl sites for hydroxylation is 1. The highest BCUT2D eigenvalue weighted by atomic mass is 32.1. The Balaban J connectivity index is 1.39. The van der Waals surface area contributed by atoms with Gasteiger partial charge in [-0.2, -0.15) is 0 Å². The Morgan fingerprint density at radius 1 is 0.914 bits per heavy atom. The van der Waals surface area contributed by atoms with Crippen molar-refractivity contribution in [2.45, 2.75) is 6.92 Å². The summed E-state index contributed by atoms with van der Waals surface area (Å²) < 4.78 is 28.1. The third-order valence-corrected chi connectivity index (χ3v) is 6.31. The van der Waals surface area contributed by atoms with Crippen LogP contribution in [0.3, 0.4) is 0 Å². The summed E-state index contributed by atoms with van der Waals surface area (Å²) in [4.78, 5) is 17.8. The number of halogens is 2. The molecule has 0 saturated heterocycles. The molecule has 0 saturated carbocycles. The molecular formula is C27H19F2N5S. The number of anilines is 1. The second-order valence-corrected chi connectivity index (χ2v) is 8.65. The van der Waals surface area contributed by atoms with Gasteiger partial charge in [0, 0.05) is 40.2 Å². The first kappa shape index (κ1) is 22.5. The minimum atomic E-state index is -0.701. The Hall–Kier alpha value is -4.30. The third kappa shape index (κ3) is 4.69. The summed E-state index contributed by atoms with van der Waals surface area (Å²) in [7, 11) is 0. The van der Waals surface area contributed by atoms with Crippen molar-refractivity contribution >= 4 is 22.9 Å². The largest absolute Gasteiger partial charge is 0.339 e. The van der Waals surface area contributed by atoms with Crippen LogP contribution in [0, 0.1) is 18.6 Å². The van der Waals surface area contributed by atoms with Gasteiger partial charge in [0.05, 0.1) is 29.3 Å². The fourth-order valence-corrected chi connectivity index (χ4v) is 4.45. The highest BCUT2D eigenvalue weighted by Crippen LogP contribution is 2.32. The van der Waals surface area contributed by atoms with Crippen LogP contribution in [0.1, 0.15) is 11.1 Å². The summed E-state index contributed by atoms with van der Waals surface area (Å²) in [6, 6.07) is 13.6. The van der Waals surface area contributed by atoms with Crippen LogP contribution in [0.5, 0.6) is 0 Å². The van der Waals surface area contributed by atoms with Crippen LogP contribution in [0.25, 0.3) is 38.8 Å². The van der Waals surface area contributed by atoms with Crippen molar-refractivity contribution in [3.05, 3.63) is 108 Å². The van der Waals surface area contributed by atoms with Crippen LogP contribution in [-0.2, 0) is 0 Å². The molecule has 0 unspecified atom stereocenters. The van der Waals surface area contributed by atoms with E-state index in [1.807, 2.05) is 42.6 Å². The van der Waals surface area contributed by atoms with E-state index in [1.54, 1.807) is 29.9 Å². The predicted octanol–water partition coefficient (Wildman–Crippen LogP) is 7.00. The number of nitrogens with one attached hydrogen (secondary N) is 1. The number of aromatic nitrogens is 4. The quantitative estimate of drug-likeness (QED) is 0.282. The summed E-state index contributed by atoms with van der Waals surface area (Å²) in [6.07, 6.45) is 6.65. The van der Waals surface area contributed by atoms with Crippen molar-refractivity contribution in [2.24, 2.45) is 0 Å². The highest BCUT2D eigenvalue weighted by Gasteiger charge is 2.14. The van der Waals surface area contributed by atoms with Gasteiger partial charge in [-0.3, -0.25) is 9.97 Å². The maximum absolute atomic E-state index is 14.0. The molecule has 0 bridgehead atoms. The summed E-state index contributed by atoms with van der Waals surface area (Å²) in [5, 5.41) is 5.73. The lowest BCUT2D eigenvalue weighted by Gasteiger charge is -2.12. The van der Waals surface area contributed by atoms with E-state index < -0.39 is 11.6 Å². The Kier molecular flexibility index (Phi) is 6.12. The molecule has 0 aliphatic carbocycles. The number of pyridine rings is 1. The number of nitrogens with zero attached hydrogens (tertiary/aromatic N) is 4. The lowest BCUT2D eigenvalue weighted by Crippen LogP contribution is -2.04. The summed E-state index contributed by atoms with van der Waals surface area (Å²) in [5.74, 6) is -1.07. The van der Waals surface area contributed by atoms with Crippen LogP contribution < -0.4 is 5.32 Å². The second-order valence-electron chi connectivity index (χ2n) is 7.80.